The number of ether oxygens (including phenoxy) is 1. The Labute approximate surface area is 165 Å². The summed E-state index contributed by atoms with van der Waals surface area (Å²) in [6.45, 7) is 3.26. The van der Waals surface area contributed by atoms with E-state index in [0.717, 1.165) is 56.0 Å². The van der Waals surface area contributed by atoms with E-state index in [0.29, 0.717) is 6.10 Å². The lowest BCUT2D eigenvalue weighted by Gasteiger charge is -2.41. The molecule has 0 aromatic heterocycles. The molecule has 3 rings (SSSR count). The second-order valence-corrected chi connectivity index (χ2v) is 9.59. The van der Waals surface area contributed by atoms with Crippen LogP contribution in [0.4, 0.5) is 8.78 Å². The normalized spacial score (nSPS) is 37.7. The first kappa shape index (κ1) is 21.3. The van der Waals surface area contributed by atoms with Crippen molar-refractivity contribution in [2.45, 2.75) is 103 Å². The molecule has 3 fully saturated rings. The molecule has 2 saturated carbocycles. The second-order valence-electron chi connectivity index (χ2n) is 9.59. The third-order valence-electron chi connectivity index (χ3n) is 7.86. The lowest BCUT2D eigenvalue weighted by molar-refractivity contribution is -0.0443. The van der Waals surface area contributed by atoms with Crippen LogP contribution in [0.2, 0.25) is 0 Å². The van der Waals surface area contributed by atoms with Gasteiger partial charge in [-0.15, -0.1) is 0 Å². The van der Waals surface area contributed by atoms with Crippen LogP contribution in [0.3, 0.4) is 0 Å². The molecule has 0 aromatic rings. The molecular weight excluding hydrogens is 342 g/mol. The van der Waals surface area contributed by atoms with E-state index in [4.69, 9.17) is 4.74 Å². The minimum atomic E-state index is -1.48. The zero-order valence-electron chi connectivity index (χ0n) is 17.3. The van der Waals surface area contributed by atoms with Gasteiger partial charge in [0.15, 0.2) is 0 Å². The summed E-state index contributed by atoms with van der Waals surface area (Å²) in [5.74, 6) is 3.45. The molecule has 0 amide bonds. The van der Waals surface area contributed by atoms with E-state index in [1.54, 1.807) is 0 Å². The number of halogens is 2. The Morgan fingerprint density at radius 2 is 1.33 bits per heavy atom. The molecule has 0 bridgehead atoms. The molecule has 2 atom stereocenters. The average molecular weight is 383 g/mol. The fourth-order valence-corrected chi connectivity index (χ4v) is 6.10. The topological polar surface area (TPSA) is 9.23 Å². The molecule has 1 nitrogen and oxygen atoms in total. The first-order chi connectivity index (χ1) is 13.2. The average Bonchev–Trinajstić information content (AvgIpc) is 2.69. The van der Waals surface area contributed by atoms with E-state index in [1.807, 2.05) is 0 Å². The molecule has 0 aromatic carbocycles. The van der Waals surface area contributed by atoms with Gasteiger partial charge in [0.25, 0.3) is 6.08 Å². The molecule has 27 heavy (non-hydrogen) atoms. The highest BCUT2D eigenvalue weighted by Crippen LogP contribution is 2.44. The van der Waals surface area contributed by atoms with Gasteiger partial charge in [-0.2, -0.15) is 8.78 Å². The van der Waals surface area contributed by atoms with Gasteiger partial charge in [0.1, 0.15) is 0 Å². The molecule has 156 valence electrons. The Balaban J connectivity index is 1.33. The lowest BCUT2D eigenvalue weighted by Crippen LogP contribution is -2.33. The molecule has 0 spiro atoms. The molecule has 2 aliphatic carbocycles. The van der Waals surface area contributed by atoms with Crippen molar-refractivity contribution < 1.29 is 13.5 Å². The number of allylic oxidation sites excluding steroid dienone is 1. The van der Waals surface area contributed by atoms with Crippen molar-refractivity contribution in [1.82, 2.24) is 0 Å². The van der Waals surface area contributed by atoms with E-state index < -0.39 is 6.08 Å². The molecule has 3 heteroatoms. The van der Waals surface area contributed by atoms with E-state index >= 15 is 0 Å². The van der Waals surface area contributed by atoms with Crippen LogP contribution in [0.25, 0.3) is 0 Å². The summed E-state index contributed by atoms with van der Waals surface area (Å²) in [6, 6.07) is 0. The number of rotatable bonds is 7. The minimum absolute atomic E-state index is 0.132. The van der Waals surface area contributed by atoms with Crippen LogP contribution >= 0.6 is 0 Å². The van der Waals surface area contributed by atoms with Gasteiger partial charge in [0.05, 0.1) is 12.7 Å². The van der Waals surface area contributed by atoms with Gasteiger partial charge in [0.2, 0.25) is 0 Å². The van der Waals surface area contributed by atoms with Gasteiger partial charge >= 0.3 is 0 Å². The van der Waals surface area contributed by atoms with Gasteiger partial charge in [-0.1, -0.05) is 26.2 Å². The predicted molar refractivity (Wildman–Crippen MR) is 108 cm³/mol. The Hall–Kier alpha value is -0.440. The highest BCUT2D eigenvalue weighted by atomic mass is 19.3. The maximum Gasteiger partial charge on any atom is 0.266 e. The summed E-state index contributed by atoms with van der Waals surface area (Å²) in [6.07, 6.45) is 17.9. The predicted octanol–water partition coefficient (Wildman–Crippen LogP) is 7.76. The van der Waals surface area contributed by atoms with Gasteiger partial charge in [-0.25, -0.2) is 0 Å². The largest absolute Gasteiger partial charge is 0.378 e. The summed E-state index contributed by atoms with van der Waals surface area (Å²) in [5.41, 5.74) is 0. The second kappa shape index (κ2) is 10.9. The van der Waals surface area contributed by atoms with E-state index in [2.05, 4.69) is 6.92 Å². The SMILES string of the molecule is CCCCCC1CCC(C2CCC(C3CCC(C=C(F)F)CC3)CC2)CO1. The number of hydrogen-bond donors (Lipinski definition) is 0. The molecule has 0 radical (unpaired) electrons. The van der Waals surface area contributed by atoms with Crippen molar-refractivity contribution in [3.8, 4) is 0 Å². The van der Waals surface area contributed by atoms with Crippen LogP contribution in [0.5, 0.6) is 0 Å². The monoisotopic (exact) mass is 382 g/mol. The Morgan fingerprint density at radius 1 is 0.778 bits per heavy atom. The Kier molecular flexibility index (Phi) is 8.61. The summed E-state index contributed by atoms with van der Waals surface area (Å²) in [4.78, 5) is 0. The van der Waals surface area contributed by atoms with Crippen molar-refractivity contribution >= 4 is 0 Å². The van der Waals surface area contributed by atoms with Crippen molar-refractivity contribution in [2.75, 3.05) is 6.61 Å². The van der Waals surface area contributed by atoms with Crippen LogP contribution in [0.1, 0.15) is 96.8 Å². The number of hydrogen-bond acceptors (Lipinski definition) is 1. The Bertz CT molecular complexity index is 435. The summed E-state index contributed by atoms with van der Waals surface area (Å²) in [7, 11) is 0. The van der Waals surface area contributed by atoms with Crippen LogP contribution in [-0.2, 0) is 4.74 Å². The fourth-order valence-electron chi connectivity index (χ4n) is 6.10. The lowest BCUT2D eigenvalue weighted by atomic mass is 9.67. The minimum Gasteiger partial charge on any atom is -0.378 e. The number of unbranched alkanes of at least 4 members (excludes halogenated alkanes) is 2. The van der Waals surface area contributed by atoms with Gasteiger partial charge in [-0.3, -0.25) is 0 Å². The van der Waals surface area contributed by atoms with E-state index in [1.165, 1.54) is 70.3 Å². The smallest absolute Gasteiger partial charge is 0.266 e. The van der Waals surface area contributed by atoms with Gasteiger partial charge < -0.3 is 4.74 Å². The maximum absolute atomic E-state index is 12.4. The molecule has 1 heterocycles. The Morgan fingerprint density at radius 3 is 1.85 bits per heavy atom. The van der Waals surface area contributed by atoms with Crippen LogP contribution < -0.4 is 0 Å². The third kappa shape index (κ3) is 6.54. The third-order valence-corrected chi connectivity index (χ3v) is 7.86. The van der Waals surface area contributed by atoms with Crippen LogP contribution in [0, 0.1) is 29.6 Å². The molecular formula is C24H40F2O. The van der Waals surface area contributed by atoms with Crippen molar-refractivity contribution in [3.63, 3.8) is 0 Å². The quantitative estimate of drug-likeness (QED) is 0.409. The fraction of sp³-hybridized carbons (Fsp3) is 0.917. The van der Waals surface area contributed by atoms with Crippen LogP contribution in [0.15, 0.2) is 12.2 Å². The zero-order chi connectivity index (χ0) is 19.1. The zero-order valence-corrected chi connectivity index (χ0v) is 17.3. The standard InChI is InChI=1S/C24H40F2O/c1-2-3-4-5-23-15-14-22(17-27-23)21-12-10-20(11-13-21)19-8-6-18(7-9-19)16-24(25)26/h16,18-23H,2-15,17H2,1H3. The molecule has 0 N–H and O–H groups in total. The van der Waals surface area contributed by atoms with E-state index in [9.17, 15) is 8.78 Å². The first-order valence-corrected chi connectivity index (χ1v) is 11.8. The molecule has 3 aliphatic rings. The van der Waals surface area contributed by atoms with Gasteiger partial charge in [-0.05, 0) is 106 Å². The van der Waals surface area contributed by atoms with Crippen LogP contribution in [-0.4, -0.2) is 12.7 Å². The summed E-state index contributed by atoms with van der Waals surface area (Å²) < 4.78 is 31.1. The van der Waals surface area contributed by atoms with Crippen molar-refractivity contribution in [1.29, 1.82) is 0 Å². The molecule has 2 unspecified atom stereocenters. The molecule has 1 aliphatic heterocycles. The maximum atomic E-state index is 12.4. The van der Waals surface area contributed by atoms with Crippen molar-refractivity contribution in [3.05, 3.63) is 12.2 Å². The first-order valence-electron chi connectivity index (χ1n) is 11.8. The van der Waals surface area contributed by atoms with Gasteiger partial charge in [0, 0.05) is 0 Å². The summed E-state index contributed by atoms with van der Waals surface area (Å²) in [5, 5.41) is 0. The van der Waals surface area contributed by atoms with E-state index in [-0.39, 0.29) is 5.92 Å². The van der Waals surface area contributed by atoms with Crippen molar-refractivity contribution in [2.24, 2.45) is 29.6 Å². The highest BCUT2D eigenvalue weighted by molar-refractivity contribution is 4.92. The molecule has 1 saturated heterocycles. The highest BCUT2D eigenvalue weighted by Gasteiger charge is 2.34. The summed E-state index contributed by atoms with van der Waals surface area (Å²) >= 11 is 0.